The van der Waals surface area contributed by atoms with Crippen LogP contribution in [0, 0.1) is 0 Å². The number of nitrogens with zero attached hydrogens (tertiary/aromatic N) is 2. The molecule has 0 bridgehead atoms. The van der Waals surface area contributed by atoms with Gasteiger partial charge in [-0.1, -0.05) is 0 Å². The number of piperazine rings is 1. The average molecular weight is 253 g/mol. The zero-order valence-electron chi connectivity index (χ0n) is 10.1. The van der Waals surface area contributed by atoms with Crippen LogP contribution < -0.4 is 5.73 Å². The van der Waals surface area contributed by atoms with Gasteiger partial charge in [0.1, 0.15) is 0 Å². The quantitative estimate of drug-likeness (QED) is 0.871. The van der Waals surface area contributed by atoms with E-state index in [-0.39, 0.29) is 5.91 Å². The van der Waals surface area contributed by atoms with E-state index in [0.29, 0.717) is 12.6 Å². The monoisotopic (exact) mass is 253 g/mol. The van der Waals surface area contributed by atoms with E-state index in [9.17, 15) is 4.79 Å². The second-order valence-corrected chi connectivity index (χ2v) is 5.13. The summed E-state index contributed by atoms with van der Waals surface area (Å²) in [7, 11) is 0. The highest BCUT2D eigenvalue weighted by Gasteiger charge is 2.25. The third-order valence-electron chi connectivity index (χ3n) is 3.35. The number of carbonyl (C=O) groups is 1. The molecule has 2 rings (SSSR count). The molecular formula is C12H19N3OS. The molecule has 1 saturated heterocycles. The van der Waals surface area contributed by atoms with Crippen molar-refractivity contribution in [3.8, 4) is 0 Å². The molecule has 94 valence electrons. The Morgan fingerprint density at radius 3 is 2.65 bits per heavy atom. The van der Waals surface area contributed by atoms with E-state index < -0.39 is 0 Å². The lowest BCUT2D eigenvalue weighted by atomic mass is 10.1. The van der Waals surface area contributed by atoms with Crippen LogP contribution in [0.1, 0.15) is 18.5 Å². The zero-order chi connectivity index (χ0) is 12.3. The van der Waals surface area contributed by atoms with E-state index in [1.807, 2.05) is 4.90 Å². The standard InChI is InChI=1S/C12H19N3OS/c1-10(16)14-3-5-15(6-4-14)12(8-13)11-2-7-17-9-11/h2,7,9,12H,3-6,8,13H2,1H3. The minimum absolute atomic E-state index is 0.171. The van der Waals surface area contributed by atoms with E-state index in [1.165, 1.54) is 5.56 Å². The smallest absolute Gasteiger partial charge is 0.219 e. The highest BCUT2D eigenvalue weighted by molar-refractivity contribution is 7.07. The van der Waals surface area contributed by atoms with Crippen molar-refractivity contribution in [2.45, 2.75) is 13.0 Å². The molecule has 1 aliphatic rings. The molecule has 1 unspecified atom stereocenters. The van der Waals surface area contributed by atoms with Crippen LogP contribution in [0.3, 0.4) is 0 Å². The van der Waals surface area contributed by atoms with Crippen LogP contribution in [0.2, 0.25) is 0 Å². The van der Waals surface area contributed by atoms with Gasteiger partial charge in [-0.05, 0) is 22.4 Å². The Hall–Kier alpha value is -0.910. The maximum Gasteiger partial charge on any atom is 0.219 e. The molecule has 0 spiro atoms. The molecule has 1 aromatic heterocycles. The van der Waals surface area contributed by atoms with Gasteiger partial charge < -0.3 is 10.6 Å². The molecule has 5 heteroatoms. The first-order valence-corrected chi connectivity index (χ1v) is 6.88. The van der Waals surface area contributed by atoms with Crippen LogP contribution in [0.4, 0.5) is 0 Å². The van der Waals surface area contributed by atoms with Crippen molar-refractivity contribution >= 4 is 17.2 Å². The van der Waals surface area contributed by atoms with Gasteiger partial charge in [-0.25, -0.2) is 0 Å². The number of hydrogen-bond donors (Lipinski definition) is 1. The number of nitrogens with two attached hydrogens (primary N) is 1. The van der Waals surface area contributed by atoms with Crippen LogP contribution in [0.25, 0.3) is 0 Å². The van der Waals surface area contributed by atoms with E-state index in [0.717, 1.165) is 26.2 Å². The number of thiophene rings is 1. The first-order chi connectivity index (χ1) is 8.22. The molecule has 1 amide bonds. The van der Waals surface area contributed by atoms with Crippen molar-refractivity contribution in [1.29, 1.82) is 0 Å². The van der Waals surface area contributed by atoms with Gasteiger partial charge >= 0.3 is 0 Å². The van der Waals surface area contributed by atoms with Gasteiger partial charge in [-0.15, -0.1) is 0 Å². The molecule has 0 saturated carbocycles. The number of hydrogen-bond acceptors (Lipinski definition) is 4. The van der Waals surface area contributed by atoms with Gasteiger partial charge in [0.25, 0.3) is 0 Å². The van der Waals surface area contributed by atoms with E-state index in [2.05, 4.69) is 21.7 Å². The second-order valence-electron chi connectivity index (χ2n) is 4.35. The highest BCUT2D eigenvalue weighted by atomic mass is 32.1. The van der Waals surface area contributed by atoms with Crippen molar-refractivity contribution in [3.63, 3.8) is 0 Å². The number of carbonyl (C=O) groups excluding carboxylic acids is 1. The fraction of sp³-hybridized carbons (Fsp3) is 0.583. The molecule has 1 fully saturated rings. The predicted octanol–water partition coefficient (Wildman–Crippen LogP) is 0.912. The summed E-state index contributed by atoms with van der Waals surface area (Å²) in [5.74, 6) is 0.171. The van der Waals surface area contributed by atoms with Crippen LogP contribution in [0.15, 0.2) is 16.8 Å². The van der Waals surface area contributed by atoms with Gasteiger partial charge in [0.15, 0.2) is 0 Å². The molecule has 2 heterocycles. The maximum atomic E-state index is 11.3. The SMILES string of the molecule is CC(=O)N1CCN(C(CN)c2ccsc2)CC1. The summed E-state index contributed by atoms with van der Waals surface area (Å²) >= 11 is 1.71. The van der Waals surface area contributed by atoms with Crippen molar-refractivity contribution in [3.05, 3.63) is 22.4 Å². The van der Waals surface area contributed by atoms with Crippen molar-refractivity contribution < 1.29 is 4.79 Å². The van der Waals surface area contributed by atoms with Crippen molar-refractivity contribution in [2.75, 3.05) is 32.7 Å². The van der Waals surface area contributed by atoms with Gasteiger partial charge in [0.05, 0.1) is 0 Å². The lowest BCUT2D eigenvalue weighted by Crippen LogP contribution is -2.50. The Bertz CT molecular complexity index is 358. The second kappa shape index (κ2) is 5.62. The van der Waals surface area contributed by atoms with Gasteiger partial charge in [0.2, 0.25) is 5.91 Å². The summed E-state index contributed by atoms with van der Waals surface area (Å²) in [4.78, 5) is 15.5. The van der Waals surface area contributed by atoms with Crippen LogP contribution in [0.5, 0.6) is 0 Å². The molecule has 2 N–H and O–H groups in total. The fourth-order valence-corrected chi connectivity index (χ4v) is 3.02. The minimum Gasteiger partial charge on any atom is -0.340 e. The van der Waals surface area contributed by atoms with Crippen LogP contribution in [-0.2, 0) is 4.79 Å². The predicted molar refractivity (Wildman–Crippen MR) is 69.9 cm³/mol. The van der Waals surface area contributed by atoms with Crippen LogP contribution in [-0.4, -0.2) is 48.4 Å². The lowest BCUT2D eigenvalue weighted by Gasteiger charge is -2.38. The molecule has 0 aromatic carbocycles. The molecule has 0 aliphatic carbocycles. The maximum absolute atomic E-state index is 11.3. The Kier molecular flexibility index (Phi) is 4.15. The molecule has 4 nitrogen and oxygen atoms in total. The summed E-state index contributed by atoms with van der Waals surface area (Å²) < 4.78 is 0. The summed E-state index contributed by atoms with van der Waals surface area (Å²) in [6, 6.07) is 2.44. The highest BCUT2D eigenvalue weighted by Crippen LogP contribution is 2.23. The first kappa shape index (κ1) is 12.5. The number of rotatable bonds is 3. The van der Waals surface area contributed by atoms with E-state index >= 15 is 0 Å². The summed E-state index contributed by atoms with van der Waals surface area (Å²) in [5.41, 5.74) is 7.17. The summed E-state index contributed by atoms with van der Waals surface area (Å²) in [6.07, 6.45) is 0. The van der Waals surface area contributed by atoms with Gasteiger partial charge in [0, 0.05) is 45.7 Å². The summed E-state index contributed by atoms with van der Waals surface area (Å²) in [6.45, 7) is 5.73. The van der Waals surface area contributed by atoms with Gasteiger partial charge in [-0.2, -0.15) is 11.3 Å². The molecule has 17 heavy (non-hydrogen) atoms. The third kappa shape index (κ3) is 2.86. The molecule has 1 atom stereocenters. The van der Waals surface area contributed by atoms with Crippen LogP contribution >= 0.6 is 11.3 Å². The lowest BCUT2D eigenvalue weighted by molar-refractivity contribution is -0.130. The van der Waals surface area contributed by atoms with Gasteiger partial charge in [-0.3, -0.25) is 9.69 Å². The largest absolute Gasteiger partial charge is 0.340 e. The van der Waals surface area contributed by atoms with E-state index in [1.54, 1.807) is 18.3 Å². The molecular weight excluding hydrogens is 234 g/mol. The van der Waals surface area contributed by atoms with Crippen molar-refractivity contribution in [2.24, 2.45) is 5.73 Å². The van der Waals surface area contributed by atoms with Crippen molar-refractivity contribution in [1.82, 2.24) is 9.80 Å². The Morgan fingerprint density at radius 1 is 1.47 bits per heavy atom. The topological polar surface area (TPSA) is 49.6 Å². The van der Waals surface area contributed by atoms with E-state index in [4.69, 9.17) is 5.73 Å². The Morgan fingerprint density at radius 2 is 2.18 bits per heavy atom. The third-order valence-corrected chi connectivity index (χ3v) is 4.05. The molecule has 0 radical (unpaired) electrons. The average Bonchev–Trinajstić information content (AvgIpc) is 2.84. The molecule has 1 aromatic rings. The zero-order valence-corrected chi connectivity index (χ0v) is 10.9. The minimum atomic E-state index is 0.171. The number of amides is 1. The molecule has 1 aliphatic heterocycles. The first-order valence-electron chi connectivity index (χ1n) is 5.94. The normalized spacial score (nSPS) is 19.3. The Balaban J connectivity index is 1.97. The fourth-order valence-electron chi connectivity index (χ4n) is 2.31. The Labute approximate surface area is 106 Å². The summed E-state index contributed by atoms with van der Waals surface area (Å²) in [5, 5.41) is 4.25.